The van der Waals surface area contributed by atoms with Crippen LogP contribution in [0.3, 0.4) is 0 Å². The number of piperazine rings is 1. The molecule has 0 aliphatic carbocycles. The topological polar surface area (TPSA) is 15.3 Å². The summed E-state index contributed by atoms with van der Waals surface area (Å²) >= 11 is 5.92. The largest absolute Gasteiger partial charge is 0.311 e. The van der Waals surface area contributed by atoms with Crippen LogP contribution in [0.25, 0.3) is 0 Å². The first-order chi connectivity index (χ1) is 10.0. The molecule has 1 aliphatic heterocycles. The molecule has 21 heavy (non-hydrogen) atoms. The standard InChI is InChI=1S/C17H26ClFN2/c1-4-14-11-21(17(5-2,6-3)12-20-14)10-13-7-8-16(19)15(18)9-13/h7-9,14,20H,4-6,10-12H2,1-3H3. The van der Waals surface area contributed by atoms with Crippen molar-refractivity contribution in [2.75, 3.05) is 13.1 Å². The van der Waals surface area contributed by atoms with Crippen molar-refractivity contribution in [3.8, 4) is 0 Å². The first-order valence-corrected chi connectivity index (χ1v) is 8.34. The van der Waals surface area contributed by atoms with E-state index in [-0.39, 0.29) is 16.4 Å². The van der Waals surface area contributed by atoms with E-state index in [1.165, 1.54) is 6.07 Å². The van der Waals surface area contributed by atoms with Gasteiger partial charge in [0, 0.05) is 31.2 Å². The predicted molar refractivity (Wildman–Crippen MR) is 87.2 cm³/mol. The Hall–Kier alpha value is -0.640. The number of halogens is 2. The molecule has 2 nitrogen and oxygen atoms in total. The Morgan fingerprint density at radius 3 is 2.62 bits per heavy atom. The number of hydrogen-bond donors (Lipinski definition) is 1. The zero-order valence-corrected chi connectivity index (χ0v) is 14.0. The van der Waals surface area contributed by atoms with Gasteiger partial charge in [-0.15, -0.1) is 0 Å². The fourth-order valence-corrected chi connectivity index (χ4v) is 3.48. The predicted octanol–water partition coefficient (Wildman–Crippen LogP) is 4.22. The van der Waals surface area contributed by atoms with Gasteiger partial charge in [-0.25, -0.2) is 4.39 Å². The van der Waals surface area contributed by atoms with Gasteiger partial charge in [0.1, 0.15) is 5.82 Å². The third-order valence-electron chi connectivity index (χ3n) is 5.00. The van der Waals surface area contributed by atoms with E-state index in [1.807, 2.05) is 6.07 Å². The van der Waals surface area contributed by atoms with Crippen LogP contribution < -0.4 is 5.32 Å². The number of rotatable bonds is 5. The highest BCUT2D eigenvalue weighted by Crippen LogP contribution is 2.30. The Labute approximate surface area is 132 Å². The van der Waals surface area contributed by atoms with E-state index in [2.05, 4.69) is 31.0 Å². The minimum Gasteiger partial charge on any atom is -0.311 e. The van der Waals surface area contributed by atoms with Gasteiger partial charge in [0.25, 0.3) is 0 Å². The van der Waals surface area contributed by atoms with Crippen LogP contribution in [0.2, 0.25) is 5.02 Å². The molecule has 1 aromatic carbocycles. The van der Waals surface area contributed by atoms with E-state index in [0.717, 1.165) is 44.5 Å². The van der Waals surface area contributed by atoms with E-state index in [1.54, 1.807) is 6.07 Å². The zero-order valence-electron chi connectivity index (χ0n) is 13.3. The Morgan fingerprint density at radius 1 is 1.33 bits per heavy atom. The molecule has 1 aromatic rings. The van der Waals surface area contributed by atoms with Gasteiger partial charge in [0.2, 0.25) is 0 Å². The highest BCUT2D eigenvalue weighted by Gasteiger charge is 2.38. The number of hydrogen-bond acceptors (Lipinski definition) is 2. The molecule has 1 unspecified atom stereocenters. The molecule has 2 rings (SSSR count). The van der Waals surface area contributed by atoms with Crippen molar-refractivity contribution in [3.63, 3.8) is 0 Å². The van der Waals surface area contributed by atoms with E-state index in [4.69, 9.17) is 11.6 Å². The molecule has 4 heteroatoms. The molecule has 1 N–H and O–H groups in total. The summed E-state index contributed by atoms with van der Waals surface area (Å²) in [4.78, 5) is 2.56. The van der Waals surface area contributed by atoms with Crippen LogP contribution in [0.5, 0.6) is 0 Å². The molecular formula is C17H26ClFN2. The van der Waals surface area contributed by atoms with Gasteiger partial charge in [-0.3, -0.25) is 4.90 Å². The lowest BCUT2D eigenvalue weighted by Crippen LogP contribution is -2.63. The van der Waals surface area contributed by atoms with Crippen LogP contribution in [-0.2, 0) is 6.54 Å². The van der Waals surface area contributed by atoms with Gasteiger partial charge in [-0.1, -0.05) is 38.4 Å². The van der Waals surface area contributed by atoms with Crippen molar-refractivity contribution >= 4 is 11.6 Å². The van der Waals surface area contributed by atoms with Crippen LogP contribution in [0.1, 0.15) is 45.6 Å². The first kappa shape index (κ1) is 16.7. The Morgan fingerprint density at radius 2 is 2.05 bits per heavy atom. The summed E-state index contributed by atoms with van der Waals surface area (Å²) in [6.45, 7) is 9.61. The number of nitrogens with zero attached hydrogens (tertiary/aromatic N) is 1. The Balaban J connectivity index is 2.21. The second-order valence-electron chi connectivity index (χ2n) is 6.05. The smallest absolute Gasteiger partial charge is 0.141 e. The SMILES string of the molecule is CCC1CN(Cc2ccc(F)c(Cl)c2)C(CC)(CC)CN1. The summed E-state index contributed by atoms with van der Waals surface area (Å²) in [5.74, 6) is -0.343. The molecule has 0 amide bonds. The van der Waals surface area contributed by atoms with Crippen molar-refractivity contribution in [3.05, 3.63) is 34.6 Å². The first-order valence-electron chi connectivity index (χ1n) is 7.97. The minimum absolute atomic E-state index is 0.187. The minimum atomic E-state index is -0.343. The number of nitrogens with one attached hydrogen (secondary N) is 1. The quantitative estimate of drug-likeness (QED) is 0.875. The molecule has 1 saturated heterocycles. The van der Waals surface area contributed by atoms with E-state index in [0.29, 0.717) is 6.04 Å². The maximum Gasteiger partial charge on any atom is 0.141 e. The molecule has 1 heterocycles. The van der Waals surface area contributed by atoms with Gasteiger partial charge in [0.15, 0.2) is 0 Å². The van der Waals surface area contributed by atoms with E-state index < -0.39 is 0 Å². The van der Waals surface area contributed by atoms with Crippen LogP contribution >= 0.6 is 11.6 Å². The van der Waals surface area contributed by atoms with Crippen molar-refractivity contribution < 1.29 is 4.39 Å². The molecule has 0 spiro atoms. The molecule has 0 bridgehead atoms. The molecule has 1 fully saturated rings. The molecular weight excluding hydrogens is 287 g/mol. The van der Waals surface area contributed by atoms with Gasteiger partial charge >= 0.3 is 0 Å². The highest BCUT2D eigenvalue weighted by molar-refractivity contribution is 6.30. The summed E-state index contributed by atoms with van der Waals surface area (Å²) in [7, 11) is 0. The summed E-state index contributed by atoms with van der Waals surface area (Å²) in [6.07, 6.45) is 3.36. The molecule has 118 valence electrons. The summed E-state index contributed by atoms with van der Waals surface area (Å²) in [6, 6.07) is 5.61. The summed E-state index contributed by atoms with van der Waals surface area (Å²) in [5.41, 5.74) is 1.27. The summed E-state index contributed by atoms with van der Waals surface area (Å²) < 4.78 is 13.3. The maximum absolute atomic E-state index is 13.3. The van der Waals surface area contributed by atoms with Crippen LogP contribution in [-0.4, -0.2) is 29.6 Å². The molecule has 0 radical (unpaired) electrons. The second-order valence-corrected chi connectivity index (χ2v) is 6.45. The average molecular weight is 313 g/mol. The molecule has 1 atom stereocenters. The fraction of sp³-hybridized carbons (Fsp3) is 0.647. The van der Waals surface area contributed by atoms with Crippen molar-refractivity contribution in [2.45, 2.75) is 58.2 Å². The Kier molecular flexibility index (Phi) is 5.64. The van der Waals surface area contributed by atoms with Gasteiger partial charge in [-0.05, 0) is 37.0 Å². The monoisotopic (exact) mass is 312 g/mol. The van der Waals surface area contributed by atoms with Gasteiger partial charge in [0.05, 0.1) is 5.02 Å². The van der Waals surface area contributed by atoms with Crippen LogP contribution in [0.4, 0.5) is 4.39 Å². The molecule has 0 aromatic heterocycles. The van der Waals surface area contributed by atoms with Gasteiger partial charge in [-0.2, -0.15) is 0 Å². The lowest BCUT2D eigenvalue weighted by molar-refractivity contribution is 0.0238. The van der Waals surface area contributed by atoms with Crippen LogP contribution in [0.15, 0.2) is 18.2 Å². The third kappa shape index (κ3) is 3.58. The van der Waals surface area contributed by atoms with Crippen molar-refractivity contribution in [1.29, 1.82) is 0 Å². The normalized spacial score (nSPS) is 22.4. The van der Waals surface area contributed by atoms with E-state index in [9.17, 15) is 4.39 Å². The Bertz CT molecular complexity index is 474. The van der Waals surface area contributed by atoms with E-state index >= 15 is 0 Å². The van der Waals surface area contributed by atoms with Crippen molar-refractivity contribution in [2.24, 2.45) is 0 Å². The molecule has 0 saturated carbocycles. The summed E-state index contributed by atoms with van der Waals surface area (Å²) in [5, 5.41) is 3.89. The van der Waals surface area contributed by atoms with Gasteiger partial charge < -0.3 is 5.32 Å². The third-order valence-corrected chi connectivity index (χ3v) is 5.29. The van der Waals surface area contributed by atoms with Crippen LogP contribution in [0, 0.1) is 5.82 Å². The lowest BCUT2D eigenvalue weighted by atomic mass is 9.86. The maximum atomic E-state index is 13.3. The average Bonchev–Trinajstić information content (AvgIpc) is 2.51. The molecule has 1 aliphatic rings. The zero-order chi connectivity index (χ0) is 15.5. The highest BCUT2D eigenvalue weighted by atomic mass is 35.5. The van der Waals surface area contributed by atoms with Crippen molar-refractivity contribution in [1.82, 2.24) is 10.2 Å². The second kappa shape index (κ2) is 7.08. The number of benzene rings is 1. The lowest BCUT2D eigenvalue weighted by Gasteiger charge is -2.49. The fourth-order valence-electron chi connectivity index (χ4n) is 3.28.